The van der Waals surface area contributed by atoms with Gasteiger partial charge in [0, 0.05) is 0 Å². The fourth-order valence-electron chi connectivity index (χ4n) is 5.71. The third-order valence-corrected chi connectivity index (χ3v) is 18.6. The third kappa shape index (κ3) is 12.9. The van der Waals surface area contributed by atoms with E-state index in [-0.39, 0.29) is 0 Å². The summed E-state index contributed by atoms with van der Waals surface area (Å²) < 4.78 is 0. The van der Waals surface area contributed by atoms with Gasteiger partial charge in [0.2, 0.25) is 0 Å². The summed E-state index contributed by atoms with van der Waals surface area (Å²) in [6.45, 7) is 19.2. The lowest BCUT2D eigenvalue weighted by Gasteiger charge is -2.37. The Labute approximate surface area is 195 Å². The molecule has 0 rings (SSSR count). The Bertz CT molecular complexity index is 322. The second-order valence-corrected chi connectivity index (χ2v) is 20.4. The normalized spacial score (nSPS) is 12.5. The summed E-state index contributed by atoms with van der Waals surface area (Å²) in [4.78, 5) is 0. The maximum Gasteiger partial charge on any atom is 0.0575 e. The van der Waals surface area contributed by atoms with Crippen molar-refractivity contribution in [3.63, 3.8) is 0 Å². The number of hydrogen-bond donors (Lipinski definition) is 0. The van der Waals surface area contributed by atoms with E-state index in [0.29, 0.717) is 0 Å². The van der Waals surface area contributed by atoms with Crippen molar-refractivity contribution in [3.8, 4) is 0 Å². The zero-order valence-corrected chi connectivity index (χ0v) is 24.3. The molecule has 0 aliphatic rings. The molecule has 0 aromatic rings. The lowest BCUT2D eigenvalue weighted by Crippen LogP contribution is -2.38. The average molecular weight is 453 g/mol. The quantitative estimate of drug-likeness (QED) is 0.113. The number of unbranched alkanes of at least 4 members (excludes halogenated alkanes) is 6. The minimum Gasteiger partial charge on any atom is -0.100 e. The van der Waals surface area contributed by atoms with Crippen molar-refractivity contribution in [1.82, 2.24) is 0 Å². The van der Waals surface area contributed by atoms with Gasteiger partial charge < -0.3 is 0 Å². The Balaban J connectivity index is 5.50. The zero-order valence-electron chi connectivity index (χ0n) is 22.3. The van der Waals surface area contributed by atoms with E-state index in [2.05, 4.69) is 41.5 Å². The molecule has 0 atom stereocenters. The van der Waals surface area contributed by atoms with Crippen LogP contribution in [0.25, 0.3) is 0 Å². The highest BCUT2D eigenvalue weighted by atomic mass is 28.3. The van der Waals surface area contributed by atoms with E-state index < -0.39 is 16.1 Å². The minimum atomic E-state index is -1.19. The second kappa shape index (κ2) is 18.7. The zero-order chi connectivity index (χ0) is 22.7. The van der Waals surface area contributed by atoms with Crippen LogP contribution in [0.5, 0.6) is 0 Å². The molecule has 0 N–H and O–H groups in total. The van der Waals surface area contributed by atoms with Crippen molar-refractivity contribution in [2.45, 2.75) is 167 Å². The van der Waals surface area contributed by atoms with Gasteiger partial charge in [0.25, 0.3) is 0 Å². The predicted molar refractivity (Wildman–Crippen MR) is 149 cm³/mol. The Morgan fingerprint density at radius 2 is 0.633 bits per heavy atom. The van der Waals surface area contributed by atoms with Crippen molar-refractivity contribution in [3.05, 3.63) is 12.2 Å². The van der Waals surface area contributed by atoms with Gasteiger partial charge in [-0.1, -0.05) is 160 Å². The molecule has 2 heteroatoms. The van der Waals surface area contributed by atoms with E-state index in [1.165, 1.54) is 89.1 Å². The highest BCUT2D eigenvalue weighted by Gasteiger charge is 2.36. The summed E-state index contributed by atoms with van der Waals surface area (Å²) in [6, 6.07) is 12.4. The molecule has 30 heavy (non-hydrogen) atoms. The van der Waals surface area contributed by atoms with Crippen LogP contribution in [0, 0.1) is 0 Å². The van der Waals surface area contributed by atoms with E-state index in [4.69, 9.17) is 6.58 Å². The molecule has 0 saturated carbocycles. The van der Waals surface area contributed by atoms with E-state index in [1.54, 1.807) is 41.8 Å². The van der Waals surface area contributed by atoms with Gasteiger partial charge in [-0.25, -0.2) is 0 Å². The Kier molecular flexibility index (Phi) is 18.8. The van der Waals surface area contributed by atoms with Crippen molar-refractivity contribution in [2.75, 3.05) is 0 Å². The molecule has 0 heterocycles. The molecule has 0 aliphatic heterocycles. The fraction of sp³-hybridized carbons (Fsp3) is 0.929. The fourth-order valence-corrected chi connectivity index (χ4v) is 17.5. The lowest BCUT2D eigenvalue weighted by molar-refractivity contribution is 0.781. The molecular weight excluding hydrogens is 392 g/mol. The summed E-state index contributed by atoms with van der Waals surface area (Å²) in [5, 5.41) is 0. The van der Waals surface area contributed by atoms with Gasteiger partial charge in [-0.05, 0) is 12.1 Å². The molecule has 0 aliphatic carbocycles. The standard InChI is InChI=1S/C28H60Si2/c1-8-14-20-29(21-15-9-2,22-16-10-3)26-28(7)27-30(23-17-11-4,24-18-12-5)25-19-13-6/h7-27H2,1-6H3. The van der Waals surface area contributed by atoms with Gasteiger partial charge in [-0.2, -0.15) is 0 Å². The van der Waals surface area contributed by atoms with Gasteiger partial charge in [0.15, 0.2) is 0 Å². The highest BCUT2D eigenvalue weighted by molar-refractivity contribution is 6.82. The molecule has 0 spiro atoms. The first-order chi connectivity index (χ1) is 14.5. The van der Waals surface area contributed by atoms with Gasteiger partial charge in [-0.3, -0.25) is 0 Å². The third-order valence-electron chi connectivity index (χ3n) is 7.61. The van der Waals surface area contributed by atoms with Crippen LogP contribution in [0.15, 0.2) is 12.2 Å². The summed E-state index contributed by atoms with van der Waals surface area (Å²) in [5.74, 6) is 0. The lowest BCUT2D eigenvalue weighted by atomic mass is 10.4. The van der Waals surface area contributed by atoms with E-state index in [0.717, 1.165) is 0 Å². The van der Waals surface area contributed by atoms with Crippen molar-refractivity contribution >= 4 is 16.1 Å². The summed E-state index contributed by atoms with van der Waals surface area (Å²) in [6.07, 6.45) is 17.1. The van der Waals surface area contributed by atoms with E-state index in [1.807, 2.05) is 0 Å². The number of allylic oxidation sites excluding steroid dienone is 1. The summed E-state index contributed by atoms with van der Waals surface area (Å²) in [5.41, 5.74) is 1.72. The van der Waals surface area contributed by atoms with Crippen LogP contribution in [-0.2, 0) is 0 Å². The van der Waals surface area contributed by atoms with E-state index >= 15 is 0 Å². The maximum atomic E-state index is 4.84. The first-order valence-electron chi connectivity index (χ1n) is 14.1. The molecule has 0 aromatic heterocycles. The molecule has 0 saturated heterocycles. The number of rotatable bonds is 22. The Morgan fingerprint density at radius 1 is 0.433 bits per heavy atom. The Hall–Kier alpha value is 0.174. The Morgan fingerprint density at radius 3 is 0.800 bits per heavy atom. The van der Waals surface area contributed by atoms with Crippen LogP contribution < -0.4 is 0 Å². The molecule has 0 radical (unpaired) electrons. The summed E-state index contributed by atoms with van der Waals surface area (Å²) >= 11 is 0. The van der Waals surface area contributed by atoms with Gasteiger partial charge in [0.05, 0.1) is 16.1 Å². The largest absolute Gasteiger partial charge is 0.100 e. The van der Waals surface area contributed by atoms with Crippen molar-refractivity contribution in [2.24, 2.45) is 0 Å². The van der Waals surface area contributed by atoms with E-state index in [9.17, 15) is 0 Å². The minimum absolute atomic E-state index is 1.19. The number of hydrogen-bond acceptors (Lipinski definition) is 0. The van der Waals surface area contributed by atoms with Crippen molar-refractivity contribution in [1.29, 1.82) is 0 Å². The molecule has 0 nitrogen and oxygen atoms in total. The van der Waals surface area contributed by atoms with Gasteiger partial charge in [-0.15, -0.1) is 6.58 Å². The monoisotopic (exact) mass is 452 g/mol. The van der Waals surface area contributed by atoms with Gasteiger partial charge >= 0.3 is 0 Å². The SMILES string of the molecule is C=C(C[Si](CCCC)(CCCC)CCCC)C[Si](CCCC)(CCCC)CCCC. The first kappa shape index (κ1) is 30.2. The molecule has 0 bridgehead atoms. The molecule has 0 fully saturated rings. The highest BCUT2D eigenvalue weighted by Crippen LogP contribution is 2.40. The maximum absolute atomic E-state index is 4.84. The molecule has 0 unspecified atom stereocenters. The van der Waals surface area contributed by atoms with Gasteiger partial charge in [0.1, 0.15) is 0 Å². The van der Waals surface area contributed by atoms with Crippen LogP contribution in [0.1, 0.15) is 119 Å². The molecular formula is C28H60Si2. The van der Waals surface area contributed by atoms with Crippen LogP contribution in [0.3, 0.4) is 0 Å². The molecule has 0 aromatic carbocycles. The van der Waals surface area contributed by atoms with Crippen molar-refractivity contribution < 1.29 is 0 Å². The molecule has 180 valence electrons. The topological polar surface area (TPSA) is 0 Å². The summed E-state index contributed by atoms with van der Waals surface area (Å²) in [7, 11) is -2.38. The van der Waals surface area contributed by atoms with Crippen LogP contribution >= 0.6 is 0 Å². The molecule has 0 amide bonds. The second-order valence-electron chi connectivity index (χ2n) is 10.7. The van der Waals surface area contributed by atoms with Crippen LogP contribution in [0.2, 0.25) is 48.4 Å². The smallest absolute Gasteiger partial charge is 0.0575 e. The predicted octanol–water partition coefficient (Wildman–Crippen LogP) is 11.2. The van der Waals surface area contributed by atoms with Crippen LogP contribution in [0.4, 0.5) is 0 Å². The van der Waals surface area contributed by atoms with Crippen LogP contribution in [-0.4, -0.2) is 16.1 Å². The average Bonchev–Trinajstić information content (AvgIpc) is 2.75. The first-order valence-corrected chi connectivity index (χ1v) is 19.8.